The second kappa shape index (κ2) is 12.4. The van der Waals surface area contributed by atoms with Gasteiger partial charge in [0.2, 0.25) is 0 Å². The zero-order chi connectivity index (χ0) is 33.0. The Hall–Kier alpha value is -4.18. The number of methoxy groups -OCH3 is 1. The fourth-order valence-corrected chi connectivity index (χ4v) is 8.09. The predicted octanol–water partition coefficient (Wildman–Crippen LogP) is 5.58. The van der Waals surface area contributed by atoms with Gasteiger partial charge in [0.05, 0.1) is 34.8 Å². The number of aryl methyl sites for hydroxylation is 1. The molecular formula is C36H36F3N5O4. The average Bonchev–Trinajstić information content (AvgIpc) is 3.44. The van der Waals surface area contributed by atoms with Crippen LogP contribution in [0.3, 0.4) is 0 Å². The Morgan fingerprint density at radius 1 is 1.10 bits per heavy atom. The predicted molar refractivity (Wildman–Crippen MR) is 174 cm³/mol. The second-order valence-corrected chi connectivity index (χ2v) is 13.1. The molecule has 0 spiro atoms. The van der Waals surface area contributed by atoms with Crippen molar-refractivity contribution >= 4 is 27.5 Å². The molecule has 3 saturated heterocycles. The van der Waals surface area contributed by atoms with Crippen LogP contribution in [0.15, 0.2) is 24.3 Å². The normalized spacial score (nSPS) is 23.9. The number of halogens is 3. The molecule has 0 saturated carbocycles. The van der Waals surface area contributed by atoms with Gasteiger partial charge in [-0.25, -0.2) is 18.2 Å². The summed E-state index contributed by atoms with van der Waals surface area (Å²) in [4.78, 5) is 18.8. The second-order valence-electron chi connectivity index (χ2n) is 13.1. The summed E-state index contributed by atoms with van der Waals surface area (Å²) >= 11 is 0. The minimum absolute atomic E-state index is 0.00557. The Bertz CT molecular complexity index is 1950. The van der Waals surface area contributed by atoms with Gasteiger partial charge in [-0.3, -0.25) is 4.90 Å². The van der Waals surface area contributed by atoms with E-state index in [4.69, 9.17) is 35.3 Å². The van der Waals surface area contributed by atoms with Gasteiger partial charge in [-0.1, -0.05) is 12.0 Å². The molecule has 12 heteroatoms. The Kier molecular flexibility index (Phi) is 8.01. The summed E-state index contributed by atoms with van der Waals surface area (Å²) in [6, 6.07) is 6.17. The zero-order valence-electron chi connectivity index (χ0n) is 26.7. The fourth-order valence-electron chi connectivity index (χ4n) is 8.09. The first-order chi connectivity index (χ1) is 23.4. The quantitative estimate of drug-likeness (QED) is 0.187. The van der Waals surface area contributed by atoms with Gasteiger partial charge in [-0.15, -0.1) is 6.42 Å². The van der Waals surface area contributed by atoms with E-state index < -0.39 is 23.3 Å². The van der Waals surface area contributed by atoms with Crippen LogP contribution in [0.5, 0.6) is 11.8 Å². The summed E-state index contributed by atoms with van der Waals surface area (Å²) in [6.45, 7) is 3.13. The Morgan fingerprint density at radius 2 is 2.00 bits per heavy atom. The Morgan fingerprint density at radius 3 is 2.85 bits per heavy atom. The molecule has 4 aromatic rings. The molecule has 9 nitrogen and oxygen atoms in total. The molecule has 0 bridgehead atoms. The van der Waals surface area contributed by atoms with E-state index >= 15 is 8.78 Å². The maximum atomic E-state index is 17.2. The fraction of sp³-hybridized carbons (Fsp3) is 0.472. The molecule has 0 unspecified atom stereocenters. The number of anilines is 1. The molecule has 0 aliphatic carbocycles. The maximum Gasteiger partial charge on any atom is 0.319 e. The highest BCUT2D eigenvalue weighted by atomic mass is 19.1. The summed E-state index contributed by atoms with van der Waals surface area (Å²) in [5, 5.41) is 1.41. The Labute approximate surface area is 276 Å². The van der Waals surface area contributed by atoms with Gasteiger partial charge in [0.15, 0.2) is 12.6 Å². The van der Waals surface area contributed by atoms with Gasteiger partial charge in [0.1, 0.15) is 41.4 Å². The molecule has 4 aliphatic heterocycles. The van der Waals surface area contributed by atoms with Crippen LogP contribution in [-0.4, -0.2) is 91.0 Å². The van der Waals surface area contributed by atoms with Gasteiger partial charge < -0.3 is 23.8 Å². The van der Waals surface area contributed by atoms with Crippen molar-refractivity contribution in [1.82, 2.24) is 19.9 Å². The third-order valence-electron chi connectivity index (χ3n) is 10.3. The largest absolute Gasteiger partial charge is 0.468 e. The van der Waals surface area contributed by atoms with Gasteiger partial charge in [0, 0.05) is 44.2 Å². The van der Waals surface area contributed by atoms with Crippen LogP contribution >= 0.6 is 0 Å². The lowest BCUT2D eigenvalue weighted by Crippen LogP contribution is -2.43. The lowest BCUT2D eigenvalue weighted by atomic mass is 9.95. The Balaban J connectivity index is 1.33. The number of nitrogens with zero attached hydrogens (tertiary/aromatic N) is 5. The van der Waals surface area contributed by atoms with Crippen molar-refractivity contribution in [2.45, 2.75) is 56.3 Å². The number of rotatable bonds is 7. The highest BCUT2D eigenvalue weighted by molar-refractivity contribution is 6.03. The summed E-state index contributed by atoms with van der Waals surface area (Å²) in [7, 11) is 1.50. The number of aromatic nitrogens is 3. The number of terminal acetylenes is 1. The van der Waals surface area contributed by atoms with E-state index in [0.717, 1.165) is 25.8 Å². The van der Waals surface area contributed by atoms with Crippen molar-refractivity contribution in [3.8, 4) is 35.4 Å². The number of fused-ring (bicyclic) bond motifs is 4. The molecular weight excluding hydrogens is 623 g/mol. The first kappa shape index (κ1) is 31.1. The van der Waals surface area contributed by atoms with Gasteiger partial charge in [-0.05, 0) is 62.2 Å². The highest BCUT2D eigenvalue weighted by Crippen LogP contribution is 2.43. The molecule has 0 N–H and O–H groups in total. The third-order valence-corrected chi connectivity index (χ3v) is 10.3. The van der Waals surface area contributed by atoms with Crippen LogP contribution in [0.4, 0.5) is 19.0 Å². The van der Waals surface area contributed by atoms with Crippen LogP contribution in [0.1, 0.15) is 43.4 Å². The van der Waals surface area contributed by atoms with Crippen molar-refractivity contribution in [2.24, 2.45) is 0 Å². The van der Waals surface area contributed by atoms with Crippen LogP contribution in [0.2, 0.25) is 0 Å². The van der Waals surface area contributed by atoms with E-state index in [1.807, 2.05) is 0 Å². The molecule has 3 atom stereocenters. The number of pyridine rings is 1. The van der Waals surface area contributed by atoms with Crippen LogP contribution in [-0.2, 0) is 15.9 Å². The van der Waals surface area contributed by atoms with Crippen molar-refractivity contribution in [3.05, 3.63) is 47.2 Å². The summed E-state index contributed by atoms with van der Waals surface area (Å²) in [5.74, 6) is 2.06. The number of hydrogen-bond donors (Lipinski definition) is 0. The first-order valence-electron chi connectivity index (χ1n) is 16.5. The SMILES string of the molecule is C#Cc1c(F)ccc2cc(OCOC)cc(-c3nc4c5c(nc(OC[C@@]67CCCN6C[C@H](F)C7)nc5c3F)N3CCCOC[C@@H]3CC4)c12. The molecule has 6 heterocycles. The van der Waals surface area contributed by atoms with Crippen molar-refractivity contribution in [3.63, 3.8) is 0 Å². The molecule has 0 radical (unpaired) electrons. The molecule has 4 aliphatic rings. The minimum atomic E-state index is -0.918. The lowest BCUT2D eigenvalue weighted by molar-refractivity contribution is 0.0512. The third kappa shape index (κ3) is 5.19. The molecule has 250 valence electrons. The van der Waals surface area contributed by atoms with Gasteiger partial charge >= 0.3 is 6.01 Å². The van der Waals surface area contributed by atoms with E-state index in [-0.39, 0.29) is 47.8 Å². The maximum absolute atomic E-state index is 17.2. The van der Waals surface area contributed by atoms with Gasteiger partial charge in [0.25, 0.3) is 0 Å². The average molecular weight is 660 g/mol. The highest BCUT2D eigenvalue weighted by Gasteiger charge is 2.49. The van der Waals surface area contributed by atoms with E-state index in [1.54, 1.807) is 18.2 Å². The van der Waals surface area contributed by atoms with Crippen LogP contribution < -0.4 is 14.4 Å². The number of benzene rings is 2. The number of hydrogen-bond acceptors (Lipinski definition) is 9. The number of ether oxygens (including phenoxy) is 4. The summed E-state index contributed by atoms with van der Waals surface area (Å²) in [5.41, 5.74) is 0.456. The van der Waals surface area contributed by atoms with E-state index in [1.165, 1.54) is 13.2 Å². The molecule has 2 aromatic heterocycles. The van der Waals surface area contributed by atoms with E-state index in [2.05, 4.69) is 20.7 Å². The monoisotopic (exact) mass is 659 g/mol. The summed E-state index contributed by atoms with van der Waals surface area (Å²) < 4.78 is 70.0. The first-order valence-corrected chi connectivity index (χ1v) is 16.5. The summed E-state index contributed by atoms with van der Waals surface area (Å²) in [6.07, 6.45) is 9.03. The smallest absolute Gasteiger partial charge is 0.319 e. The molecule has 0 amide bonds. The molecule has 48 heavy (non-hydrogen) atoms. The zero-order valence-corrected chi connectivity index (χ0v) is 26.7. The van der Waals surface area contributed by atoms with Gasteiger partial charge in [-0.2, -0.15) is 9.97 Å². The van der Waals surface area contributed by atoms with Crippen molar-refractivity contribution < 1.29 is 32.1 Å². The molecule has 2 aromatic carbocycles. The van der Waals surface area contributed by atoms with E-state index in [0.29, 0.717) is 79.0 Å². The van der Waals surface area contributed by atoms with E-state index in [9.17, 15) is 4.39 Å². The van der Waals surface area contributed by atoms with Crippen molar-refractivity contribution in [1.29, 1.82) is 0 Å². The standard InChI is InChI=1S/C36H36F3N5O4/c1-3-25-27(38)8-6-21-14-24(48-20-45-2)15-26(29(21)25)32-31(39)33-30-28(40-32)9-7-23-18-46-13-5-12-44(23)34(30)42-35(41-33)47-19-36-10-4-11-43(36)17-22(37)16-36/h1,6,8,14-15,22-23H,4-5,7,9-13,16-20H2,2H3/t22-,23+,36+/m1/s1. The molecule has 3 fully saturated rings. The van der Waals surface area contributed by atoms with Crippen molar-refractivity contribution in [2.75, 3.05) is 58.3 Å². The van der Waals surface area contributed by atoms with Crippen LogP contribution in [0, 0.1) is 24.0 Å². The number of alkyl halides is 1. The topological polar surface area (TPSA) is 82.1 Å². The lowest BCUT2D eigenvalue weighted by Gasteiger charge is -2.31. The van der Waals surface area contributed by atoms with Crippen LogP contribution in [0.25, 0.3) is 32.9 Å². The minimum Gasteiger partial charge on any atom is -0.468 e. The molecule has 8 rings (SSSR count).